The Bertz CT molecular complexity index is 1490. The van der Waals surface area contributed by atoms with Gasteiger partial charge in [-0.15, -0.1) is 0 Å². The molecule has 176 valence electrons. The van der Waals surface area contributed by atoms with Crippen LogP contribution in [0.2, 0.25) is 0 Å². The van der Waals surface area contributed by atoms with Crippen LogP contribution in [0.1, 0.15) is 40.7 Å². The van der Waals surface area contributed by atoms with Gasteiger partial charge in [0, 0.05) is 18.2 Å². The zero-order chi connectivity index (χ0) is 24.5. The molecular weight excluding hydrogens is 434 g/mol. The Morgan fingerprint density at radius 3 is 2.47 bits per heavy atom. The van der Waals surface area contributed by atoms with Crippen molar-refractivity contribution in [2.45, 2.75) is 32.2 Å². The summed E-state index contributed by atoms with van der Waals surface area (Å²) in [6.07, 6.45) is 11.0. The summed E-state index contributed by atoms with van der Waals surface area (Å²) < 4.78 is 0. The summed E-state index contributed by atoms with van der Waals surface area (Å²) in [5.41, 5.74) is 14.4. The minimum atomic E-state index is 0.344. The van der Waals surface area contributed by atoms with Gasteiger partial charge in [0.05, 0.1) is 0 Å². The first kappa shape index (κ1) is 22.4. The molecule has 0 spiro atoms. The van der Waals surface area contributed by atoms with Crippen LogP contribution in [0, 0.1) is 0 Å². The van der Waals surface area contributed by atoms with Crippen molar-refractivity contribution >= 4 is 11.8 Å². The van der Waals surface area contributed by atoms with E-state index >= 15 is 0 Å². The van der Waals surface area contributed by atoms with Crippen molar-refractivity contribution in [1.82, 2.24) is 0 Å². The Labute approximate surface area is 214 Å². The molecule has 2 aliphatic rings. The lowest BCUT2D eigenvalue weighted by Crippen LogP contribution is -2.01. The molecule has 0 radical (unpaired) electrons. The molecule has 0 saturated heterocycles. The van der Waals surface area contributed by atoms with Gasteiger partial charge in [0.25, 0.3) is 0 Å². The summed E-state index contributed by atoms with van der Waals surface area (Å²) >= 11 is 0. The highest BCUT2D eigenvalue weighted by molar-refractivity contribution is 5.93. The fourth-order valence-corrected chi connectivity index (χ4v) is 5.64. The second-order valence-electron chi connectivity index (χ2n) is 9.95. The Morgan fingerprint density at radius 2 is 1.64 bits per heavy atom. The number of allylic oxidation sites excluding steroid dienone is 4. The fourth-order valence-electron chi connectivity index (χ4n) is 5.64. The van der Waals surface area contributed by atoms with Gasteiger partial charge in [-0.2, -0.15) is 0 Å². The lowest BCUT2D eigenvalue weighted by Gasteiger charge is -2.21. The molecule has 0 saturated carbocycles. The van der Waals surface area contributed by atoms with E-state index in [4.69, 9.17) is 0 Å². The number of hydrogen-bond donors (Lipinski definition) is 1. The molecule has 1 nitrogen and oxygen atoms in total. The van der Waals surface area contributed by atoms with Crippen LogP contribution in [-0.2, 0) is 19.4 Å². The summed E-state index contributed by atoms with van der Waals surface area (Å²) in [5.74, 6) is 0.344. The van der Waals surface area contributed by atoms with Gasteiger partial charge >= 0.3 is 0 Å². The van der Waals surface area contributed by atoms with Gasteiger partial charge in [-0.1, -0.05) is 116 Å². The Morgan fingerprint density at radius 1 is 0.806 bits per heavy atom. The number of anilines is 1. The standard InChI is InChI=1S/C35H31N/c1-24-14-15-25(2)34-29(22-24)11-7-13-32(34)33-21-18-27-10-6-12-31(27)35(33)28-16-19-30(20-17-28)36-23-26-8-4-3-5-9-26/h3-9,11-21,25,36H,1,10,22-23H2,2H3. The lowest BCUT2D eigenvalue weighted by molar-refractivity contribution is 0.956. The molecule has 0 aromatic heterocycles. The number of rotatable bonds is 5. The van der Waals surface area contributed by atoms with E-state index in [2.05, 4.69) is 128 Å². The van der Waals surface area contributed by atoms with E-state index < -0.39 is 0 Å². The number of benzene rings is 4. The molecule has 4 aromatic rings. The van der Waals surface area contributed by atoms with E-state index in [1.165, 1.54) is 55.6 Å². The smallest absolute Gasteiger partial charge is 0.0400 e. The van der Waals surface area contributed by atoms with Crippen LogP contribution in [0.15, 0.2) is 115 Å². The third kappa shape index (κ3) is 4.22. The number of hydrogen-bond acceptors (Lipinski definition) is 1. The zero-order valence-corrected chi connectivity index (χ0v) is 20.8. The first-order valence-corrected chi connectivity index (χ1v) is 12.9. The van der Waals surface area contributed by atoms with Crippen LogP contribution in [0.5, 0.6) is 0 Å². The van der Waals surface area contributed by atoms with Gasteiger partial charge in [-0.3, -0.25) is 0 Å². The van der Waals surface area contributed by atoms with E-state index in [1.54, 1.807) is 0 Å². The van der Waals surface area contributed by atoms with Crippen molar-refractivity contribution in [2.24, 2.45) is 0 Å². The predicted octanol–water partition coefficient (Wildman–Crippen LogP) is 8.97. The zero-order valence-electron chi connectivity index (χ0n) is 20.8. The van der Waals surface area contributed by atoms with Crippen molar-refractivity contribution in [2.75, 3.05) is 5.32 Å². The molecule has 6 rings (SSSR count). The van der Waals surface area contributed by atoms with Gasteiger partial charge < -0.3 is 5.32 Å². The highest BCUT2D eigenvalue weighted by Crippen LogP contribution is 2.44. The maximum Gasteiger partial charge on any atom is 0.0400 e. The van der Waals surface area contributed by atoms with Gasteiger partial charge in [-0.25, -0.2) is 0 Å². The van der Waals surface area contributed by atoms with Gasteiger partial charge in [0.15, 0.2) is 0 Å². The fraction of sp³-hybridized carbons (Fsp3) is 0.143. The summed E-state index contributed by atoms with van der Waals surface area (Å²) in [6.45, 7) is 7.39. The quantitative estimate of drug-likeness (QED) is 0.310. The molecule has 0 amide bonds. The highest BCUT2D eigenvalue weighted by atomic mass is 14.9. The van der Waals surface area contributed by atoms with Gasteiger partial charge in [0.1, 0.15) is 0 Å². The minimum Gasteiger partial charge on any atom is -0.381 e. The Hall–Kier alpha value is -4.10. The van der Waals surface area contributed by atoms with E-state index in [0.29, 0.717) is 5.92 Å². The molecule has 0 heterocycles. The maximum atomic E-state index is 4.26. The van der Waals surface area contributed by atoms with Gasteiger partial charge in [-0.05, 0) is 75.0 Å². The molecule has 1 N–H and O–H groups in total. The molecule has 1 atom stereocenters. The maximum absolute atomic E-state index is 4.26. The highest BCUT2D eigenvalue weighted by Gasteiger charge is 2.22. The molecule has 4 aromatic carbocycles. The average Bonchev–Trinajstić information content (AvgIpc) is 3.34. The van der Waals surface area contributed by atoms with Crippen molar-refractivity contribution in [1.29, 1.82) is 0 Å². The van der Waals surface area contributed by atoms with Crippen molar-refractivity contribution in [3.63, 3.8) is 0 Å². The Balaban J connectivity index is 1.42. The summed E-state index contributed by atoms with van der Waals surface area (Å²) in [5, 5.41) is 3.57. The molecule has 1 unspecified atom stereocenters. The van der Waals surface area contributed by atoms with Crippen LogP contribution in [0.4, 0.5) is 5.69 Å². The average molecular weight is 466 g/mol. The predicted molar refractivity (Wildman–Crippen MR) is 154 cm³/mol. The lowest BCUT2D eigenvalue weighted by atomic mass is 9.82. The van der Waals surface area contributed by atoms with Crippen LogP contribution in [-0.4, -0.2) is 0 Å². The first-order chi connectivity index (χ1) is 17.7. The molecule has 0 bridgehead atoms. The molecule has 0 fully saturated rings. The Kier molecular flexibility index (Phi) is 5.91. The first-order valence-electron chi connectivity index (χ1n) is 12.9. The van der Waals surface area contributed by atoms with Crippen LogP contribution in [0.3, 0.4) is 0 Å². The van der Waals surface area contributed by atoms with E-state index in [1.807, 2.05) is 0 Å². The van der Waals surface area contributed by atoms with E-state index in [-0.39, 0.29) is 0 Å². The topological polar surface area (TPSA) is 12.0 Å². The van der Waals surface area contributed by atoms with Gasteiger partial charge in [0.2, 0.25) is 0 Å². The molecule has 1 heteroatoms. The van der Waals surface area contributed by atoms with E-state index in [9.17, 15) is 0 Å². The second kappa shape index (κ2) is 9.51. The van der Waals surface area contributed by atoms with Crippen LogP contribution >= 0.6 is 0 Å². The SMILES string of the molecule is C=C1C=CC(C)c2c(cccc2-c2ccc3c(c2-c2ccc(NCc4ccccc4)cc2)C=CC3)C1. The third-order valence-electron chi connectivity index (χ3n) is 7.45. The van der Waals surface area contributed by atoms with Crippen molar-refractivity contribution in [3.05, 3.63) is 143 Å². The minimum absolute atomic E-state index is 0.344. The third-order valence-corrected chi connectivity index (χ3v) is 7.45. The van der Waals surface area contributed by atoms with Crippen molar-refractivity contribution < 1.29 is 0 Å². The number of nitrogens with one attached hydrogen (secondary N) is 1. The summed E-state index contributed by atoms with van der Waals surface area (Å²) in [6, 6.07) is 30.9. The van der Waals surface area contributed by atoms with Crippen molar-refractivity contribution in [3.8, 4) is 22.3 Å². The molecule has 36 heavy (non-hydrogen) atoms. The summed E-state index contributed by atoms with van der Waals surface area (Å²) in [4.78, 5) is 0. The monoisotopic (exact) mass is 465 g/mol. The van der Waals surface area contributed by atoms with Crippen LogP contribution in [0.25, 0.3) is 28.3 Å². The van der Waals surface area contributed by atoms with Crippen LogP contribution < -0.4 is 5.32 Å². The number of fused-ring (bicyclic) bond motifs is 2. The van der Waals surface area contributed by atoms with E-state index in [0.717, 1.165) is 25.1 Å². The second-order valence-corrected chi connectivity index (χ2v) is 9.95. The molecule has 2 aliphatic carbocycles. The molecular formula is C35H31N. The molecule has 0 aliphatic heterocycles. The summed E-state index contributed by atoms with van der Waals surface area (Å²) in [7, 11) is 0. The largest absolute Gasteiger partial charge is 0.381 e. The normalized spacial score (nSPS) is 15.9.